The second-order valence-electron chi connectivity index (χ2n) is 4.56. The zero-order valence-electron chi connectivity index (χ0n) is 8.75. The Kier molecular flexibility index (Phi) is 2.14. The number of hydrogen-bond donors (Lipinski definition) is 0. The molecule has 72 valence electrons. The van der Waals surface area contributed by atoms with Gasteiger partial charge in [-0.2, -0.15) is 0 Å². The van der Waals surface area contributed by atoms with E-state index in [0.29, 0.717) is 5.92 Å². The SMILES string of the molecule is Cc1cn(CC(C)C)c(C2CC2)n1. The minimum atomic E-state index is 0.714. The molecule has 0 aliphatic heterocycles. The van der Waals surface area contributed by atoms with Crippen LogP contribution in [-0.4, -0.2) is 9.55 Å². The van der Waals surface area contributed by atoms with E-state index >= 15 is 0 Å². The molecule has 2 heteroatoms. The fraction of sp³-hybridized carbons (Fsp3) is 0.727. The summed E-state index contributed by atoms with van der Waals surface area (Å²) in [6.07, 6.45) is 4.87. The molecule has 0 spiro atoms. The molecule has 0 amide bonds. The maximum atomic E-state index is 4.59. The zero-order chi connectivity index (χ0) is 9.42. The van der Waals surface area contributed by atoms with Crippen molar-refractivity contribution in [2.24, 2.45) is 5.92 Å². The number of nitrogens with zero attached hydrogens (tertiary/aromatic N) is 2. The summed E-state index contributed by atoms with van der Waals surface area (Å²) < 4.78 is 2.34. The van der Waals surface area contributed by atoms with Crippen LogP contribution in [-0.2, 0) is 6.54 Å². The first-order valence-corrected chi connectivity index (χ1v) is 5.20. The molecule has 13 heavy (non-hydrogen) atoms. The number of aryl methyl sites for hydroxylation is 1. The van der Waals surface area contributed by atoms with Gasteiger partial charge in [0.1, 0.15) is 5.82 Å². The van der Waals surface area contributed by atoms with E-state index in [0.717, 1.165) is 12.5 Å². The highest BCUT2D eigenvalue weighted by atomic mass is 15.1. The van der Waals surface area contributed by atoms with Gasteiger partial charge in [0.25, 0.3) is 0 Å². The Balaban J connectivity index is 2.21. The Hall–Kier alpha value is -0.790. The van der Waals surface area contributed by atoms with E-state index in [9.17, 15) is 0 Å². The van der Waals surface area contributed by atoms with Crippen LogP contribution in [0.3, 0.4) is 0 Å². The smallest absolute Gasteiger partial charge is 0.112 e. The van der Waals surface area contributed by atoms with E-state index < -0.39 is 0 Å². The Labute approximate surface area is 80.0 Å². The van der Waals surface area contributed by atoms with Crippen LogP contribution in [0.4, 0.5) is 0 Å². The molecule has 1 aliphatic rings. The second kappa shape index (κ2) is 3.17. The lowest BCUT2D eigenvalue weighted by Crippen LogP contribution is -2.06. The molecule has 1 saturated carbocycles. The Morgan fingerprint density at radius 1 is 1.54 bits per heavy atom. The standard InChI is InChI=1S/C11H18N2/c1-8(2)6-13-7-9(3)12-11(13)10-4-5-10/h7-8,10H,4-6H2,1-3H3. The van der Waals surface area contributed by atoms with E-state index in [2.05, 4.69) is 36.5 Å². The third-order valence-electron chi connectivity index (χ3n) is 2.43. The molecule has 1 fully saturated rings. The summed E-state index contributed by atoms with van der Waals surface area (Å²) in [7, 11) is 0. The number of rotatable bonds is 3. The number of aromatic nitrogens is 2. The van der Waals surface area contributed by atoms with Crippen molar-refractivity contribution in [3.63, 3.8) is 0 Å². The van der Waals surface area contributed by atoms with E-state index in [4.69, 9.17) is 0 Å². The quantitative estimate of drug-likeness (QED) is 0.696. The minimum absolute atomic E-state index is 0.714. The third-order valence-corrected chi connectivity index (χ3v) is 2.43. The lowest BCUT2D eigenvalue weighted by atomic mass is 10.2. The number of imidazole rings is 1. The van der Waals surface area contributed by atoms with Crippen molar-refractivity contribution in [3.8, 4) is 0 Å². The molecule has 2 nitrogen and oxygen atoms in total. The molecule has 0 N–H and O–H groups in total. The van der Waals surface area contributed by atoms with Gasteiger partial charge in [-0.1, -0.05) is 13.8 Å². The van der Waals surface area contributed by atoms with Crippen molar-refractivity contribution >= 4 is 0 Å². The monoisotopic (exact) mass is 178 g/mol. The van der Waals surface area contributed by atoms with Crippen molar-refractivity contribution in [2.75, 3.05) is 0 Å². The van der Waals surface area contributed by atoms with Crippen molar-refractivity contribution in [1.82, 2.24) is 9.55 Å². The van der Waals surface area contributed by atoms with Gasteiger partial charge in [0, 0.05) is 18.7 Å². The van der Waals surface area contributed by atoms with Gasteiger partial charge in [-0.15, -0.1) is 0 Å². The molecule has 0 bridgehead atoms. The highest BCUT2D eigenvalue weighted by Crippen LogP contribution is 2.39. The molecular formula is C11H18N2. The van der Waals surface area contributed by atoms with Crippen LogP contribution in [0.15, 0.2) is 6.20 Å². The molecule has 0 unspecified atom stereocenters. The van der Waals surface area contributed by atoms with Crippen LogP contribution < -0.4 is 0 Å². The summed E-state index contributed by atoms with van der Waals surface area (Å²) in [5.41, 5.74) is 1.17. The van der Waals surface area contributed by atoms with Crippen LogP contribution in [0.5, 0.6) is 0 Å². The Bertz CT molecular complexity index is 295. The third kappa shape index (κ3) is 1.93. The van der Waals surface area contributed by atoms with Gasteiger partial charge in [-0.25, -0.2) is 4.98 Å². The van der Waals surface area contributed by atoms with Crippen molar-refractivity contribution in [1.29, 1.82) is 0 Å². The number of hydrogen-bond acceptors (Lipinski definition) is 1. The van der Waals surface area contributed by atoms with Gasteiger partial charge in [0.05, 0.1) is 5.69 Å². The minimum Gasteiger partial charge on any atom is -0.334 e. The summed E-state index contributed by atoms with van der Waals surface area (Å²) in [6, 6.07) is 0. The average molecular weight is 178 g/mol. The molecule has 0 saturated heterocycles. The van der Waals surface area contributed by atoms with Crippen LogP contribution in [0.1, 0.15) is 44.1 Å². The van der Waals surface area contributed by atoms with Gasteiger partial charge in [-0.05, 0) is 25.7 Å². The predicted octanol–water partition coefficient (Wildman–Crippen LogP) is 2.72. The zero-order valence-corrected chi connectivity index (χ0v) is 8.75. The fourth-order valence-electron chi connectivity index (χ4n) is 1.77. The lowest BCUT2D eigenvalue weighted by Gasteiger charge is -2.08. The van der Waals surface area contributed by atoms with E-state index in [1.807, 2.05) is 0 Å². The molecule has 1 heterocycles. The van der Waals surface area contributed by atoms with Gasteiger partial charge in [-0.3, -0.25) is 0 Å². The second-order valence-corrected chi connectivity index (χ2v) is 4.56. The summed E-state index contributed by atoms with van der Waals surface area (Å²) in [6.45, 7) is 7.72. The predicted molar refractivity (Wildman–Crippen MR) is 53.8 cm³/mol. The molecule has 0 radical (unpaired) electrons. The topological polar surface area (TPSA) is 17.8 Å². The van der Waals surface area contributed by atoms with Crippen molar-refractivity contribution in [3.05, 3.63) is 17.7 Å². The first kappa shape index (κ1) is 8.79. The van der Waals surface area contributed by atoms with E-state index in [-0.39, 0.29) is 0 Å². The van der Waals surface area contributed by atoms with Crippen LogP contribution in [0.25, 0.3) is 0 Å². The molecule has 0 atom stereocenters. The maximum absolute atomic E-state index is 4.59. The van der Waals surface area contributed by atoms with Crippen molar-refractivity contribution in [2.45, 2.75) is 46.1 Å². The first-order chi connectivity index (χ1) is 6.16. The first-order valence-electron chi connectivity index (χ1n) is 5.20. The lowest BCUT2D eigenvalue weighted by molar-refractivity contribution is 0.507. The highest BCUT2D eigenvalue weighted by Gasteiger charge is 2.28. The Morgan fingerprint density at radius 3 is 2.77 bits per heavy atom. The molecule has 1 aromatic rings. The van der Waals surface area contributed by atoms with E-state index in [1.165, 1.54) is 24.4 Å². The molecule has 0 aromatic carbocycles. The van der Waals surface area contributed by atoms with Gasteiger partial charge in [0.2, 0.25) is 0 Å². The summed E-state index contributed by atoms with van der Waals surface area (Å²) >= 11 is 0. The highest BCUT2D eigenvalue weighted by molar-refractivity contribution is 5.12. The van der Waals surface area contributed by atoms with Crippen molar-refractivity contribution < 1.29 is 0 Å². The average Bonchev–Trinajstić information content (AvgIpc) is 2.77. The molecule has 1 aromatic heterocycles. The molecular weight excluding hydrogens is 160 g/mol. The van der Waals surface area contributed by atoms with Crippen LogP contribution in [0, 0.1) is 12.8 Å². The maximum Gasteiger partial charge on any atom is 0.112 e. The Morgan fingerprint density at radius 2 is 2.23 bits per heavy atom. The fourth-order valence-corrected chi connectivity index (χ4v) is 1.77. The van der Waals surface area contributed by atoms with E-state index in [1.54, 1.807) is 0 Å². The summed E-state index contributed by atoms with van der Waals surface area (Å²) in [5, 5.41) is 0. The van der Waals surface area contributed by atoms with Crippen LogP contribution >= 0.6 is 0 Å². The molecule has 1 aliphatic carbocycles. The summed E-state index contributed by atoms with van der Waals surface area (Å²) in [5.74, 6) is 2.81. The van der Waals surface area contributed by atoms with Gasteiger partial charge in [0.15, 0.2) is 0 Å². The van der Waals surface area contributed by atoms with Gasteiger partial charge < -0.3 is 4.57 Å². The van der Waals surface area contributed by atoms with Gasteiger partial charge >= 0.3 is 0 Å². The largest absolute Gasteiger partial charge is 0.334 e. The normalized spacial score (nSPS) is 16.9. The molecule has 2 rings (SSSR count). The summed E-state index contributed by atoms with van der Waals surface area (Å²) in [4.78, 5) is 4.59. The van der Waals surface area contributed by atoms with Crippen LogP contribution in [0.2, 0.25) is 0 Å².